The van der Waals surface area contributed by atoms with Crippen LogP contribution < -0.4 is 15.6 Å². The third-order valence-electron chi connectivity index (χ3n) is 4.26. The van der Waals surface area contributed by atoms with E-state index in [9.17, 15) is 9.59 Å². The Morgan fingerprint density at radius 3 is 2.74 bits per heavy atom. The second kappa shape index (κ2) is 8.27. The Hall–Kier alpha value is -2.79. The van der Waals surface area contributed by atoms with Crippen LogP contribution in [0.4, 0.5) is 5.69 Å². The zero-order valence-electron chi connectivity index (χ0n) is 15.3. The molecule has 3 rings (SSSR count). The fourth-order valence-electron chi connectivity index (χ4n) is 2.84. The van der Waals surface area contributed by atoms with Gasteiger partial charge in [-0.15, -0.1) is 0 Å². The van der Waals surface area contributed by atoms with Crippen molar-refractivity contribution in [3.63, 3.8) is 0 Å². The lowest BCUT2D eigenvalue weighted by atomic mass is 10.1. The number of aromatic nitrogens is 1. The van der Waals surface area contributed by atoms with Crippen molar-refractivity contribution in [2.45, 2.75) is 26.8 Å². The summed E-state index contributed by atoms with van der Waals surface area (Å²) in [6, 6.07) is 12.4. The van der Waals surface area contributed by atoms with Gasteiger partial charge in [0, 0.05) is 28.8 Å². The van der Waals surface area contributed by atoms with Crippen LogP contribution in [0, 0.1) is 6.92 Å². The van der Waals surface area contributed by atoms with Gasteiger partial charge in [-0.3, -0.25) is 9.59 Å². The third kappa shape index (κ3) is 4.31. The van der Waals surface area contributed by atoms with E-state index < -0.39 is 0 Å². The largest absolute Gasteiger partial charge is 0.483 e. The summed E-state index contributed by atoms with van der Waals surface area (Å²) in [5, 5.41) is 4.61. The minimum absolute atomic E-state index is 0.0569. The van der Waals surface area contributed by atoms with Crippen LogP contribution in [0.1, 0.15) is 18.9 Å². The molecule has 0 bridgehead atoms. The van der Waals surface area contributed by atoms with Crippen molar-refractivity contribution < 1.29 is 9.53 Å². The fraction of sp³-hybridized carbons (Fsp3) is 0.238. The molecule has 140 valence electrons. The van der Waals surface area contributed by atoms with E-state index in [1.807, 2.05) is 26.0 Å². The summed E-state index contributed by atoms with van der Waals surface area (Å²) in [6.45, 7) is 4.42. The Labute approximate surface area is 162 Å². The highest BCUT2D eigenvalue weighted by atomic mass is 35.5. The topological polar surface area (TPSA) is 60.3 Å². The highest BCUT2D eigenvalue weighted by Gasteiger charge is 2.10. The number of ether oxygens (including phenoxy) is 1. The average Bonchev–Trinajstić information content (AvgIpc) is 2.65. The molecule has 3 aromatic rings. The molecule has 0 aliphatic heterocycles. The predicted molar refractivity (Wildman–Crippen MR) is 109 cm³/mol. The first kappa shape index (κ1) is 19.0. The molecule has 0 unspecified atom stereocenters. The monoisotopic (exact) mass is 384 g/mol. The van der Waals surface area contributed by atoms with Crippen LogP contribution in [-0.4, -0.2) is 17.1 Å². The van der Waals surface area contributed by atoms with Crippen LogP contribution in [0.3, 0.4) is 0 Å². The second-order valence-corrected chi connectivity index (χ2v) is 6.74. The zero-order valence-corrected chi connectivity index (χ0v) is 16.0. The van der Waals surface area contributed by atoms with Gasteiger partial charge in [-0.05, 0) is 49.2 Å². The molecule has 0 radical (unpaired) electrons. The number of aryl methyl sites for hydroxylation is 2. The van der Waals surface area contributed by atoms with Crippen LogP contribution in [0.15, 0.2) is 53.5 Å². The van der Waals surface area contributed by atoms with E-state index in [1.54, 1.807) is 41.1 Å². The molecular weight excluding hydrogens is 364 g/mol. The number of fused-ring (bicyclic) bond motifs is 1. The van der Waals surface area contributed by atoms with Crippen molar-refractivity contribution in [1.82, 2.24) is 4.57 Å². The number of carbonyl (C=O) groups is 1. The Balaban J connectivity index is 1.74. The van der Waals surface area contributed by atoms with Gasteiger partial charge in [0.15, 0.2) is 6.61 Å². The number of anilines is 1. The molecule has 1 amide bonds. The minimum atomic E-state index is -0.300. The number of carbonyl (C=O) groups excluding carboxylic acids is 1. The molecule has 0 fully saturated rings. The lowest BCUT2D eigenvalue weighted by Gasteiger charge is -2.11. The van der Waals surface area contributed by atoms with Gasteiger partial charge in [0.05, 0.1) is 5.39 Å². The third-order valence-corrected chi connectivity index (χ3v) is 4.66. The van der Waals surface area contributed by atoms with Gasteiger partial charge in [-0.2, -0.15) is 0 Å². The summed E-state index contributed by atoms with van der Waals surface area (Å²) >= 11 is 6.07. The summed E-state index contributed by atoms with van der Waals surface area (Å²) < 4.78 is 7.35. The maximum absolute atomic E-state index is 12.5. The summed E-state index contributed by atoms with van der Waals surface area (Å²) in [6.07, 6.45) is 2.64. The number of pyridine rings is 1. The molecule has 5 nitrogen and oxygen atoms in total. The maximum Gasteiger partial charge on any atom is 0.262 e. The SMILES string of the molecule is CCCn1ccc2c(OCC(=O)Nc3ccc(C)c(Cl)c3)cccc2c1=O. The summed E-state index contributed by atoms with van der Waals surface area (Å²) in [7, 11) is 0. The van der Waals surface area contributed by atoms with Gasteiger partial charge >= 0.3 is 0 Å². The minimum Gasteiger partial charge on any atom is -0.483 e. The average molecular weight is 385 g/mol. The number of rotatable bonds is 6. The predicted octanol–water partition coefficient (Wildman–Crippen LogP) is 4.39. The van der Waals surface area contributed by atoms with E-state index in [0.29, 0.717) is 33.8 Å². The van der Waals surface area contributed by atoms with Crippen molar-refractivity contribution in [3.05, 3.63) is 69.6 Å². The number of amides is 1. The maximum atomic E-state index is 12.5. The van der Waals surface area contributed by atoms with Crippen molar-refractivity contribution in [1.29, 1.82) is 0 Å². The molecule has 27 heavy (non-hydrogen) atoms. The normalized spacial score (nSPS) is 10.8. The van der Waals surface area contributed by atoms with Gasteiger partial charge < -0.3 is 14.6 Å². The van der Waals surface area contributed by atoms with E-state index in [2.05, 4.69) is 5.32 Å². The molecule has 6 heteroatoms. The quantitative estimate of drug-likeness (QED) is 0.685. The van der Waals surface area contributed by atoms with Gasteiger partial charge in [0.1, 0.15) is 5.75 Å². The first-order valence-corrected chi connectivity index (χ1v) is 9.18. The van der Waals surface area contributed by atoms with E-state index in [0.717, 1.165) is 12.0 Å². The molecule has 0 saturated heterocycles. The molecule has 1 aromatic heterocycles. The Bertz CT molecular complexity index is 1040. The number of halogens is 1. The van der Waals surface area contributed by atoms with Gasteiger partial charge in [0.25, 0.3) is 11.5 Å². The molecule has 0 aliphatic carbocycles. The summed E-state index contributed by atoms with van der Waals surface area (Å²) in [5.74, 6) is 0.205. The fourth-order valence-corrected chi connectivity index (χ4v) is 3.02. The standard InChI is InChI=1S/C21H21ClN2O3/c1-3-10-24-11-9-16-17(21(24)26)5-4-6-19(16)27-13-20(25)23-15-8-7-14(2)18(22)12-15/h4-9,11-12H,3,10,13H2,1-2H3,(H,23,25). The molecule has 2 aromatic carbocycles. The lowest BCUT2D eigenvalue weighted by Crippen LogP contribution is -2.21. The number of hydrogen-bond donors (Lipinski definition) is 1. The number of hydrogen-bond acceptors (Lipinski definition) is 3. The van der Waals surface area contributed by atoms with E-state index in [-0.39, 0.29) is 18.1 Å². The van der Waals surface area contributed by atoms with E-state index >= 15 is 0 Å². The zero-order chi connectivity index (χ0) is 19.4. The van der Waals surface area contributed by atoms with Crippen molar-refractivity contribution in [3.8, 4) is 5.75 Å². The first-order valence-electron chi connectivity index (χ1n) is 8.80. The van der Waals surface area contributed by atoms with E-state index in [1.165, 1.54) is 0 Å². The summed E-state index contributed by atoms with van der Waals surface area (Å²) in [4.78, 5) is 24.7. The Morgan fingerprint density at radius 2 is 2.00 bits per heavy atom. The molecule has 0 atom stereocenters. The smallest absolute Gasteiger partial charge is 0.262 e. The molecule has 0 aliphatic rings. The van der Waals surface area contributed by atoms with Crippen LogP contribution >= 0.6 is 11.6 Å². The van der Waals surface area contributed by atoms with Crippen molar-refractivity contribution in [2.24, 2.45) is 0 Å². The highest BCUT2D eigenvalue weighted by molar-refractivity contribution is 6.31. The molecule has 1 N–H and O–H groups in total. The lowest BCUT2D eigenvalue weighted by molar-refractivity contribution is -0.118. The molecule has 0 saturated carbocycles. The van der Waals surface area contributed by atoms with Crippen LogP contribution in [0.5, 0.6) is 5.75 Å². The van der Waals surface area contributed by atoms with Crippen LogP contribution in [0.25, 0.3) is 10.8 Å². The number of nitrogens with one attached hydrogen (secondary N) is 1. The first-order chi connectivity index (χ1) is 13.0. The number of benzene rings is 2. The van der Waals surface area contributed by atoms with Crippen molar-refractivity contribution >= 4 is 34.0 Å². The second-order valence-electron chi connectivity index (χ2n) is 6.33. The summed E-state index contributed by atoms with van der Waals surface area (Å²) in [5.41, 5.74) is 1.49. The number of nitrogens with zero attached hydrogens (tertiary/aromatic N) is 1. The van der Waals surface area contributed by atoms with Gasteiger partial charge in [0.2, 0.25) is 0 Å². The Morgan fingerprint density at radius 1 is 1.19 bits per heavy atom. The molecule has 0 spiro atoms. The van der Waals surface area contributed by atoms with Crippen LogP contribution in [-0.2, 0) is 11.3 Å². The van der Waals surface area contributed by atoms with Crippen molar-refractivity contribution in [2.75, 3.05) is 11.9 Å². The molecule has 1 heterocycles. The Kier molecular flexibility index (Phi) is 5.81. The van der Waals surface area contributed by atoms with Gasteiger partial charge in [-0.25, -0.2) is 0 Å². The van der Waals surface area contributed by atoms with Crippen LogP contribution in [0.2, 0.25) is 5.02 Å². The van der Waals surface area contributed by atoms with Gasteiger partial charge in [-0.1, -0.05) is 30.7 Å². The molecular formula is C21H21ClN2O3. The van der Waals surface area contributed by atoms with E-state index in [4.69, 9.17) is 16.3 Å². The highest BCUT2D eigenvalue weighted by Crippen LogP contribution is 2.23.